The maximum atomic E-state index is 13.3. The maximum Gasteiger partial charge on any atom is 0.319 e. The molecule has 0 fully saturated rings. The highest BCUT2D eigenvalue weighted by atomic mass is 35.5. The van der Waals surface area contributed by atoms with Crippen LogP contribution in [0.2, 0.25) is 10.0 Å². The molecule has 2 N–H and O–H groups in total. The third-order valence-electron chi connectivity index (χ3n) is 5.15. The van der Waals surface area contributed by atoms with E-state index in [1.165, 1.54) is 23.9 Å². The number of thioether (sulfide) groups is 1. The second-order valence-electron chi connectivity index (χ2n) is 7.74. The smallest absolute Gasteiger partial charge is 0.319 e. The van der Waals surface area contributed by atoms with Crippen molar-refractivity contribution in [1.82, 2.24) is 20.1 Å². The van der Waals surface area contributed by atoms with Crippen molar-refractivity contribution in [2.24, 2.45) is 0 Å². The molecule has 4 aromatic rings. The molecule has 0 bridgehead atoms. The number of anilines is 1. The highest BCUT2D eigenvalue weighted by Crippen LogP contribution is 2.32. The summed E-state index contributed by atoms with van der Waals surface area (Å²) in [7, 11) is 1.56. The molecule has 7 nitrogen and oxygen atoms in total. The summed E-state index contributed by atoms with van der Waals surface area (Å²) in [5.41, 5.74) is 2.12. The molecule has 4 rings (SSSR count). The summed E-state index contributed by atoms with van der Waals surface area (Å²) < 4.78 is 20.3. The lowest BCUT2D eigenvalue weighted by atomic mass is 10.2. The lowest BCUT2D eigenvalue weighted by Crippen LogP contribution is -2.32. The van der Waals surface area contributed by atoms with Crippen molar-refractivity contribution in [2.45, 2.75) is 23.9 Å². The number of nitrogens with zero attached hydrogens (tertiary/aromatic N) is 3. The van der Waals surface area contributed by atoms with E-state index in [0.717, 1.165) is 5.56 Å². The van der Waals surface area contributed by atoms with Crippen molar-refractivity contribution in [1.29, 1.82) is 0 Å². The normalized spacial score (nSPS) is 11.7. The van der Waals surface area contributed by atoms with Crippen LogP contribution in [0.4, 0.5) is 14.9 Å². The number of nitrogens with one attached hydrogen (secondary N) is 2. The molecule has 0 saturated carbocycles. The van der Waals surface area contributed by atoms with Crippen molar-refractivity contribution >= 4 is 46.7 Å². The van der Waals surface area contributed by atoms with E-state index in [2.05, 4.69) is 20.8 Å². The molecule has 0 aliphatic heterocycles. The topological polar surface area (TPSA) is 81.1 Å². The highest BCUT2D eigenvalue weighted by Gasteiger charge is 2.23. The van der Waals surface area contributed by atoms with Gasteiger partial charge in [0, 0.05) is 22.5 Å². The van der Waals surface area contributed by atoms with Gasteiger partial charge in [-0.1, -0.05) is 53.2 Å². The first-order chi connectivity index (χ1) is 17.3. The molecule has 186 valence electrons. The number of hydrogen-bond donors (Lipinski definition) is 2. The summed E-state index contributed by atoms with van der Waals surface area (Å²) in [6.07, 6.45) is 0. The molecule has 1 aromatic heterocycles. The predicted molar refractivity (Wildman–Crippen MR) is 141 cm³/mol. The van der Waals surface area contributed by atoms with E-state index >= 15 is 0 Å². The van der Waals surface area contributed by atoms with Crippen molar-refractivity contribution in [2.75, 3.05) is 12.4 Å². The average molecular weight is 546 g/mol. The van der Waals surface area contributed by atoms with Crippen LogP contribution < -0.4 is 15.4 Å². The molecule has 0 aliphatic rings. The van der Waals surface area contributed by atoms with Gasteiger partial charge in [0.1, 0.15) is 11.6 Å². The lowest BCUT2D eigenvalue weighted by molar-refractivity contribution is 0.249. The van der Waals surface area contributed by atoms with E-state index in [9.17, 15) is 9.18 Å². The van der Waals surface area contributed by atoms with E-state index < -0.39 is 12.1 Å². The molecule has 11 heteroatoms. The number of ether oxygens (including phenoxy) is 1. The zero-order valence-corrected chi connectivity index (χ0v) is 21.7. The minimum atomic E-state index is -0.532. The van der Waals surface area contributed by atoms with E-state index in [0.29, 0.717) is 43.9 Å². The minimum Gasteiger partial charge on any atom is -0.497 e. The molecule has 1 atom stereocenters. The SMILES string of the molecule is COc1cccc(NC(=O)NC(C)c2nnc(SCc3ccc(F)cc3)n2-c2ccc(Cl)cc2Cl)c1. The summed E-state index contributed by atoms with van der Waals surface area (Å²) in [4.78, 5) is 12.7. The summed E-state index contributed by atoms with van der Waals surface area (Å²) in [6.45, 7) is 1.80. The Morgan fingerprint density at radius 1 is 1.11 bits per heavy atom. The van der Waals surface area contributed by atoms with Crippen molar-refractivity contribution in [3.05, 3.63) is 94.0 Å². The molecule has 0 spiro atoms. The van der Waals surface area contributed by atoms with E-state index in [1.54, 1.807) is 73.2 Å². The Hall–Kier alpha value is -3.27. The monoisotopic (exact) mass is 545 g/mol. The Morgan fingerprint density at radius 2 is 1.89 bits per heavy atom. The minimum absolute atomic E-state index is 0.297. The first kappa shape index (κ1) is 25.8. The molecule has 3 aromatic carbocycles. The number of carbonyl (C=O) groups excluding carboxylic acids is 1. The van der Waals surface area contributed by atoms with Gasteiger partial charge in [-0.3, -0.25) is 4.57 Å². The molecule has 0 saturated heterocycles. The van der Waals surface area contributed by atoms with Gasteiger partial charge in [0.2, 0.25) is 0 Å². The third-order valence-corrected chi connectivity index (χ3v) is 6.69. The first-order valence-corrected chi connectivity index (χ1v) is 12.6. The van der Waals surface area contributed by atoms with Gasteiger partial charge in [-0.25, -0.2) is 9.18 Å². The Balaban J connectivity index is 1.58. The van der Waals surface area contributed by atoms with Crippen LogP contribution in [0.3, 0.4) is 0 Å². The second kappa shape index (κ2) is 11.6. The van der Waals surface area contributed by atoms with Gasteiger partial charge in [-0.05, 0) is 55.0 Å². The highest BCUT2D eigenvalue weighted by molar-refractivity contribution is 7.98. The van der Waals surface area contributed by atoms with Gasteiger partial charge >= 0.3 is 6.03 Å². The third kappa shape index (κ3) is 6.29. The first-order valence-electron chi connectivity index (χ1n) is 10.8. The van der Waals surface area contributed by atoms with Gasteiger partial charge in [-0.2, -0.15) is 0 Å². The molecule has 1 heterocycles. The summed E-state index contributed by atoms with van der Waals surface area (Å²) in [6, 6.07) is 17.4. The zero-order chi connectivity index (χ0) is 25.7. The number of amides is 2. The molecule has 0 radical (unpaired) electrons. The number of methoxy groups -OCH3 is 1. The number of urea groups is 1. The Kier molecular flexibility index (Phi) is 8.35. The van der Waals surface area contributed by atoms with Crippen molar-refractivity contribution < 1.29 is 13.9 Å². The molecular formula is C25H22Cl2FN5O2S. The number of halogens is 3. The number of aromatic nitrogens is 3. The second-order valence-corrected chi connectivity index (χ2v) is 9.53. The van der Waals surface area contributed by atoms with Crippen molar-refractivity contribution in [3.8, 4) is 11.4 Å². The van der Waals surface area contributed by atoms with Crippen LogP contribution in [-0.4, -0.2) is 27.9 Å². The van der Waals surface area contributed by atoms with Gasteiger partial charge in [-0.15, -0.1) is 10.2 Å². The Bertz CT molecular complexity index is 1370. The molecule has 2 amide bonds. The van der Waals surface area contributed by atoms with E-state index in [-0.39, 0.29) is 5.82 Å². The van der Waals surface area contributed by atoms with Crippen LogP contribution in [0.15, 0.2) is 71.9 Å². The van der Waals surface area contributed by atoms with Gasteiger partial charge in [0.25, 0.3) is 0 Å². The van der Waals surface area contributed by atoms with Crippen LogP contribution in [-0.2, 0) is 5.75 Å². The average Bonchev–Trinajstić information content (AvgIpc) is 3.27. The lowest BCUT2D eigenvalue weighted by Gasteiger charge is -2.18. The fraction of sp³-hybridized carbons (Fsp3) is 0.160. The number of hydrogen-bond acceptors (Lipinski definition) is 5. The van der Waals surface area contributed by atoms with Crippen molar-refractivity contribution in [3.63, 3.8) is 0 Å². The molecule has 36 heavy (non-hydrogen) atoms. The fourth-order valence-electron chi connectivity index (χ4n) is 3.40. The predicted octanol–water partition coefficient (Wildman–Crippen LogP) is 6.90. The van der Waals surface area contributed by atoms with Crippen LogP contribution >= 0.6 is 35.0 Å². The van der Waals surface area contributed by atoms with Crippen LogP contribution in [0, 0.1) is 5.82 Å². The Morgan fingerprint density at radius 3 is 2.61 bits per heavy atom. The molecule has 1 unspecified atom stereocenters. The summed E-state index contributed by atoms with van der Waals surface area (Å²) >= 11 is 14.0. The standard InChI is InChI=1S/C25H22Cl2FN5O2S/c1-15(29-24(34)30-19-4-3-5-20(13-19)35-2)23-31-32-25(36-14-16-6-9-18(28)10-7-16)33(23)22-11-8-17(26)12-21(22)27/h3-13,15H,14H2,1-2H3,(H2,29,30,34). The van der Waals surface area contributed by atoms with Crippen LogP contribution in [0.1, 0.15) is 24.4 Å². The van der Waals surface area contributed by atoms with E-state index in [4.69, 9.17) is 27.9 Å². The fourth-order valence-corrected chi connectivity index (χ4v) is 4.80. The van der Waals surface area contributed by atoms with Crippen LogP contribution in [0.5, 0.6) is 5.75 Å². The van der Waals surface area contributed by atoms with Gasteiger partial charge < -0.3 is 15.4 Å². The molecular weight excluding hydrogens is 524 g/mol. The summed E-state index contributed by atoms with van der Waals surface area (Å²) in [5.74, 6) is 1.33. The summed E-state index contributed by atoms with van der Waals surface area (Å²) in [5, 5.41) is 15.8. The number of benzene rings is 3. The number of rotatable bonds is 8. The maximum absolute atomic E-state index is 13.3. The van der Waals surface area contributed by atoms with Gasteiger partial charge in [0.05, 0.1) is 23.9 Å². The quantitative estimate of drug-likeness (QED) is 0.235. The van der Waals surface area contributed by atoms with Gasteiger partial charge in [0.15, 0.2) is 11.0 Å². The van der Waals surface area contributed by atoms with Crippen LogP contribution in [0.25, 0.3) is 5.69 Å². The Labute approximate surface area is 222 Å². The largest absolute Gasteiger partial charge is 0.497 e. The van der Waals surface area contributed by atoms with E-state index in [1.807, 2.05) is 0 Å². The zero-order valence-electron chi connectivity index (χ0n) is 19.3. The molecule has 0 aliphatic carbocycles. The number of carbonyl (C=O) groups is 1.